The summed E-state index contributed by atoms with van der Waals surface area (Å²) in [5.74, 6) is -0.261. The number of hydrogen-bond donors (Lipinski definition) is 2. The molecule has 0 heterocycles. The van der Waals surface area contributed by atoms with Crippen molar-refractivity contribution in [3.05, 3.63) is 29.8 Å². The molecule has 0 aliphatic carbocycles. The zero-order chi connectivity index (χ0) is 12.8. The van der Waals surface area contributed by atoms with Gasteiger partial charge in [-0.05, 0) is 31.5 Å². The number of nitrogens with zero attached hydrogens (tertiary/aromatic N) is 1. The number of nitrogen functional groups attached to an aromatic ring is 1. The maximum Gasteiger partial charge on any atom is 0.218 e. The highest BCUT2D eigenvalue weighted by atomic mass is 16.1. The Morgan fingerprint density at radius 3 is 2.65 bits per heavy atom. The lowest BCUT2D eigenvalue weighted by Crippen LogP contribution is -2.33. The molecular formula is C13H21N3O. The predicted octanol–water partition coefficient (Wildman–Crippen LogP) is 1.35. The van der Waals surface area contributed by atoms with E-state index in [0.717, 1.165) is 17.8 Å². The lowest BCUT2D eigenvalue weighted by atomic mass is 10.1. The number of anilines is 1. The van der Waals surface area contributed by atoms with Gasteiger partial charge in [-0.25, -0.2) is 0 Å². The third-order valence-corrected chi connectivity index (χ3v) is 2.71. The van der Waals surface area contributed by atoms with E-state index in [2.05, 4.69) is 18.7 Å². The summed E-state index contributed by atoms with van der Waals surface area (Å²) in [6.45, 7) is 5.68. The summed E-state index contributed by atoms with van der Waals surface area (Å²) in [5, 5.41) is 0. The Labute approximate surface area is 103 Å². The molecule has 0 saturated heterocycles. The fourth-order valence-electron chi connectivity index (χ4n) is 1.70. The summed E-state index contributed by atoms with van der Waals surface area (Å²) in [5.41, 5.74) is 12.8. The average molecular weight is 235 g/mol. The van der Waals surface area contributed by atoms with Crippen LogP contribution in [-0.4, -0.2) is 23.4 Å². The second kappa shape index (κ2) is 6.25. The molecule has 94 valence electrons. The molecule has 4 heteroatoms. The number of rotatable bonds is 6. The van der Waals surface area contributed by atoms with Crippen LogP contribution < -0.4 is 11.5 Å². The highest BCUT2D eigenvalue weighted by Gasteiger charge is 2.11. The Kier molecular flexibility index (Phi) is 4.97. The molecule has 0 radical (unpaired) electrons. The van der Waals surface area contributed by atoms with Gasteiger partial charge < -0.3 is 11.5 Å². The Hall–Kier alpha value is -1.55. The molecule has 0 fully saturated rings. The maximum absolute atomic E-state index is 10.8. The summed E-state index contributed by atoms with van der Waals surface area (Å²) in [4.78, 5) is 13.0. The number of hydrogen-bond acceptors (Lipinski definition) is 3. The average Bonchev–Trinajstić information content (AvgIpc) is 2.23. The summed E-state index contributed by atoms with van der Waals surface area (Å²) < 4.78 is 0. The van der Waals surface area contributed by atoms with E-state index < -0.39 is 0 Å². The van der Waals surface area contributed by atoms with Gasteiger partial charge in [0.05, 0.1) is 0 Å². The number of nitrogens with two attached hydrogens (primary N) is 2. The molecule has 0 atom stereocenters. The molecule has 1 aromatic rings. The fourth-order valence-corrected chi connectivity index (χ4v) is 1.70. The van der Waals surface area contributed by atoms with E-state index in [-0.39, 0.29) is 5.91 Å². The molecule has 1 rings (SSSR count). The number of carbonyl (C=O) groups is 1. The minimum Gasteiger partial charge on any atom is -0.399 e. The van der Waals surface area contributed by atoms with Gasteiger partial charge in [0.25, 0.3) is 0 Å². The number of primary amides is 1. The minimum atomic E-state index is -0.261. The van der Waals surface area contributed by atoms with E-state index in [9.17, 15) is 4.79 Å². The topological polar surface area (TPSA) is 72.3 Å². The van der Waals surface area contributed by atoms with Gasteiger partial charge in [-0.2, -0.15) is 0 Å². The molecule has 0 saturated carbocycles. The highest BCUT2D eigenvalue weighted by Crippen LogP contribution is 2.12. The van der Waals surface area contributed by atoms with E-state index in [0.29, 0.717) is 19.0 Å². The van der Waals surface area contributed by atoms with E-state index >= 15 is 0 Å². The number of carbonyl (C=O) groups excluding carboxylic acids is 1. The van der Waals surface area contributed by atoms with Crippen LogP contribution in [0.15, 0.2) is 24.3 Å². The van der Waals surface area contributed by atoms with Gasteiger partial charge in [-0.1, -0.05) is 12.1 Å². The summed E-state index contributed by atoms with van der Waals surface area (Å²) in [7, 11) is 0. The van der Waals surface area contributed by atoms with Gasteiger partial charge in [-0.3, -0.25) is 9.69 Å². The molecule has 1 aromatic carbocycles. The Bertz CT molecular complexity index is 377. The second-order valence-corrected chi connectivity index (χ2v) is 4.53. The lowest BCUT2D eigenvalue weighted by molar-refractivity contribution is -0.118. The van der Waals surface area contributed by atoms with Crippen LogP contribution in [-0.2, 0) is 11.3 Å². The summed E-state index contributed by atoms with van der Waals surface area (Å²) in [6.07, 6.45) is 0.389. The van der Waals surface area contributed by atoms with Gasteiger partial charge in [0, 0.05) is 31.2 Å². The molecule has 0 bridgehead atoms. The van der Waals surface area contributed by atoms with Gasteiger partial charge in [0.2, 0.25) is 5.91 Å². The largest absolute Gasteiger partial charge is 0.399 e. The van der Waals surface area contributed by atoms with E-state index in [1.165, 1.54) is 0 Å². The molecule has 0 aliphatic rings. The molecule has 0 unspecified atom stereocenters. The van der Waals surface area contributed by atoms with E-state index in [4.69, 9.17) is 11.5 Å². The van der Waals surface area contributed by atoms with Crippen LogP contribution in [0.1, 0.15) is 25.8 Å². The molecule has 17 heavy (non-hydrogen) atoms. The van der Waals surface area contributed by atoms with Crippen molar-refractivity contribution in [2.75, 3.05) is 12.3 Å². The molecule has 0 aliphatic heterocycles. The normalized spacial score (nSPS) is 11.1. The summed E-state index contributed by atoms with van der Waals surface area (Å²) >= 11 is 0. The number of amides is 1. The van der Waals surface area contributed by atoms with Crippen molar-refractivity contribution in [1.82, 2.24) is 4.90 Å². The maximum atomic E-state index is 10.8. The third-order valence-electron chi connectivity index (χ3n) is 2.71. The Balaban J connectivity index is 2.63. The predicted molar refractivity (Wildman–Crippen MR) is 70.2 cm³/mol. The Morgan fingerprint density at radius 1 is 1.41 bits per heavy atom. The first-order valence-electron chi connectivity index (χ1n) is 5.86. The monoisotopic (exact) mass is 235 g/mol. The van der Waals surface area contributed by atoms with E-state index in [1.54, 1.807) is 0 Å². The first-order valence-corrected chi connectivity index (χ1v) is 5.86. The van der Waals surface area contributed by atoms with Crippen LogP contribution in [0.4, 0.5) is 5.69 Å². The van der Waals surface area contributed by atoms with Gasteiger partial charge >= 0.3 is 0 Å². The van der Waals surface area contributed by atoms with Crippen molar-refractivity contribution in [3.8, 4) is 0 Å². The van der Waals surface area contributed by atoms with Gasteiger partial charge in [0.15, 0.2) is 0 Å². The van der Waals surface area contributed by atoms with Crippen LogP contribution in [0, 0.1) is 0 Å². The molecule has 4 nitrogen and oxygen atoms in total. The van der Waals surface area contributed by atoms with Crippen molar-refractivity contribution in [2.24, 2.45) is 5.73 Å². The van der Waals surface area contributed by atoms with Gasteiger partial charge in [-0.15, -0.1) is 0 Å². The van der Waals surface area contributed by atoms with Crippen LogP contribution in [0.25, 0.3) is 0 Å². The fraction of sp³-hybridized carbons (Fsp3) is 0.462. The van der Waals surface area contributed by atoms with Crippen molar-refractivity contribution >= 4 is 11.6 Å². The SMILES string of the molecule is CC(C)N(CCC(N)=O)Cc1cccc(N)c1. The molecule has 0 spiro atoms. The standard InChI is InChI=1S/C13H21N3O/c1-10(2)16(7-6-13(15)17)9-11-4-3-5-12(14)8-11/h3-5,8,10H,6-7,9,14H2,1-2H3,(H2,15,17). The molecule has 4 N–H and O–H groups in total. The quantitative estimate of drug-likeness (QED) is 0.731. The molecular weight excluding hydrogens is 214 g/mol. The van der Waals surface area contributed by atoms with E-state index in [1.807, 2.05) is 24.3 Å². The van der Waals surface area contributed by atoms with Gasteiger partial charge in [0.1, 0.15) is 0 Å². The van der Waals surface area contributed by atoms with Crippen LogP contribution in [0.3, 0.4) is 0 Å². The second-order valence-electron chi connectivity index (χ2n) is 4.53. The van der Waals surface area contributed by atoms with Crippen LogP contribution >= 0.6 is 0 Å². The van der Waals surface area contributed by atoms with Crippen molar-refractivity contribution in [1.29, 1.82) is 0 Å². The first-order chi connectivity index (χ1) is 7.99. The number of benzene rings is 1. The lowest BCUT2D eigenvalue weighted by Gasteiger charge is -2.26. The minimum absolute atomic E-state index is 0.261. The molecule has 0 aromatic heterocycles. The zero-order valence-electron chi connectivity index (χ0n) is 10.5. The highest BCUT2D eigenvalue weighted by molar-refractivity contribution is 5.73. The first kappa shape index (κ1) is 13.5. The van der Waals surface area contributed by atoms with Crippen LogP contribution in [0.5, 0.6) is 0 Å². The Morgan fingerprint density at radius 2 is 2.12 bits per heavy atom. The van der Waals surface area contributed by atoms with Crippen molar-refractivity contribution in [3.63, 3.8) is 0 Å². The zero-order valence-corrected chi connectivity index (χ0v) is 10.5. The molecule has 1 amide bonds. The van der Waals surface area contributed by atoms with Crippen molar-refractivity contribution in [2.45, 2.75) is 32.9 Å². The van der Waals surface area contributed by atoms with Crippen LogP contribution in [0.2, 0.25) is 0 Å². The smallest absolute Gasteiger partial charge is 0.218 e. The third kappa shape index (κ3) is 4.87. The summed E-state index contributed by atoms with van der Waals surface area (Å²) in [6, 6.07) is 8.18. The van der Waals surface area contributed by atoms with Crippen molar-refractivity contribution < 1.29 is 4.79 Å².